The van der Waals surface area contributed by atoms with Gasteiger partial charge in [-0.25, -0.2) is 0 Å². The van der Waals surface area contributed by atoms with Crippen LogP contribution < -0.4 is 0 Å². The highest BCUT2D eigenvalue weighted by Crippen LogP contribution is 2.23. The average Bonchev–Trinajstić information content (AvgIpc) is 2.76. The van der Waals surface area contributed by atoms with Crippen LogP contribution in [0.5, 0.6) is 0 Å². The minimum Gasteiger partial charge on any atom is -0.384 e. The molecule has 0 bridgehead atoms. The van der Waals surface area contributed by atoms with Crippen molar-refractivity contribution < 1.29 is 9.53 Å². The summed E-state index contributed by atoms with van der Waals surface area (Å²) in [5.74, 6) is 0.485. The van der Waals surface area contributed by atoms with Gasteiger partial charge in [-0.2, -0.15) is 0 Å². The summed E-state index contributed by atoms with van der Waals surface area (Å²) in [5, 5.41) is 0.570. The highest BCUT2D eigenvalue weighted by molar-refractivity contribution is 9.10. The second kappa shape index (κ2) is 6.04. The summed E-state index contributed by atoms with van der Waals surface area (Å²) in [4.78, 5) is 14.2. The van der Waals surface area contributed by atoms with Crippen molar-refractivity contribution in [3.63, 3.8) is 0 Å². The van der Waals surface area contributed by atoms with Gasteiger partial charge >= 0.3 is 0 Å². The molecule has 1 atom stereocenters. The Morgan fingerprint density at radius 1 is 1.56 bits per heavy atom. The fourth-order valence-electron chi connectivity index (χ4n) is 2.25. The van der Waals surface area contributed by atoms with Gasteiger partial charge in [0.15, 0.2) is 0 Å². The van der Waals surface area contributed by atoms with Crippen molar-refractivity contribution in [2.24, 2.45) is 5.92 Å². The van der Waals surface area contributed by atoms with Crippen LogP contribution in [-0.2, 0) is 4.74 Å². The largest absolute Gasteiger partial charge is 0.384 e. The molecule has 1 fully saturated rings. The van der Waals surface area contributed by atoms with E-state index >= 15 is 0 Å². The number of benzene rings is 1. The van der Waals surface area contributed by atoms with Gasteiger partial charge < -0.3 is 9.64 Å². The number of rotatable bonds is 3. The van der Waals surface area contributed by atoms with Crippen molar-refractivity contribution in [2.45, 2.75) is 6.42 Å². The SMILES string of the molecule is COCC1CCN(C(=O)c2cc(Cl)cc(Br)c2)C1. The number of likely N-dealkylation sites (tertiary alicyclic amines) is 1. The maximum atomic E-state index is 12.3. The number of carbonyl (C=O) groups is 1. The van der Waals surface area contributed by atoms with E-state index in [9.17, 15) is 4.79 Å². The van der Waals surface area contributed by atoms with Gasteiger partial charge in [0.05, 0.1) is 6.61 Å². The molecule has 1 aromatic carbocycles. The molecule has 0 aliphatic carbocycles. The second-order valence-corrected chi connectivity index (χ2v) is 5.87. The van der Waals surface area contributed by atoms with Gasteiger partial charge in [-0.15, -0.1) is 0 Å². The van der Waals surface area contributed by atoms with E-state index in [4.69, 9.17) is 16.3 Å². The Morgan fingerprint density at radius 2 is 2.33 bits per heavy atom. The van der Waals surface area contributed by atoms with Crippen LogP contribution in [0.4, 0.5) is 0 Å². The van der Waals surface area contributed by atoms with Crippen molar-refractivity contribution >= 4 is 33.4 Å². The molecule has 3 nitrogen and oxygen atoms in total. The maximum absolute atomic E-state index is 12.3. The highest BCUT2D eigenvalue weighted by Gasteiger charge is 2.27. The molecule has 5 heteroatoms. The zero-order chi connectivity index (χ0) is 13.1. The van der Waals surface area contributed by atoms with Crippen LogP contribution in [0.1, 0.15) is 16.8 Å². The lowest BCUT2D eigenvalue weighted by molar-refractivity contribution is 0.0775. The van der Waals surface area contributed by atoms with Gasteiger partial charge in [-0.1, -0.05) is 27.5 Å². The van der Waals surface area contributed by atoms with Crippen molar-refractivity contribution in [1.82, 2.24) is 4.90 Å². The molecular formula is C13H15BrClNO2. The lowest BCUT2D eigenvalue weighted by atomic mass is 10.1. The Hall–Kier alpha value is -0.580. The number of methoxy groups -OCH3 is 1. The topological polar surface area (TPSA) is 29.5 Å². The van der Waals surface area contributed by atoms with Crippen molar-refractivity contribution in [3.8, 4) is 0 Å². The summed E-state index contributed by atoms with van der Waals surface area (Å²) in [6, 6.07) is 5.28. The summed E-state index contributed by atoms with van der Waals surface area (Å²) in [7, 11) is 1.69. The fraction of sp³-hybridized carbons (Fsp3) is 0.462. The third kappa shape index (κ3) is 3.25. The van der Waals surface area contributed by atoms with Crippen LogP contribution in [0.25, 0.3) is 0 Å². The zero-order valence-electron chi connectivity index (χ0n) is 10.2. The smallest absolute Gasteiger partial charge is 0.253 e. The van der Waals surface area contributed by atoms with E-state index in [1.165, 1.54) is 0 Å². The van der Waals surface area contributed by atoms with Crippen molar-refractivity contribution in [1.29, 1.82) is 0 Å². The van der Waals surface area contributed by atoms with Crippen molar-refractivity contribution in [2.75, 3.05) is 26.8 Å². The van der Waals surface area contributed by atoms with Gasteiger partial charge in [0.1, 0.15) is 0 Å². The van der Waals surface area contributed by atoms with Gasteiger partial charge in [0.2, 0.25) is 0 Å². The summed E-state index contributed by atoms with van der Waals surface area (Å²) in [6.45, 7) is 2.26. The van der Waals surface area contributed by atoms with E-state index in [1.807, 2.05) is 4.90 Å². The second-order valence-electron chi connectivity index (χ2n) is 4.52. The molecule has 1 unspecified atom stereocenters. The minimum atomic E-state index is 0.0387. The Labute approximate surface area is 120 Å². The molecule has 98 valence electrons. The lowest BCUT2D eigenvalue weighted by Crippen LogP contribution is -2.29. The van der Waals surface area contributed by atoms with Crippen LogP contribution in [0.3, 0.4) is 0 Å². The van der Waals surface area contributed by atoms with Crippen LogP contribution in [0.15, 0.2) is 22.7 Å². The fourth-order valence-corrected chi connectivity index (χ4v) is 3.11. The monoisotopic (exact) mass is 331 g/mol. The zero-order valence-corrected chi connectivity index (χ0v) is 12.5. The first-order valence-corrected chi connectivity index (χ1v) is 7.01. The van der Waals surface area contributed by atoms with Crippen LogP contribution >= 0.6 is 27.5 Å². The molecule has 0 aromatic heterocycles. The number of nitrogens with zero attached hydrogens (tertiary/aromatic N) is 1. The van der Waals surface area contributed by atoms with Crippen LogP contribution in [-0.4, -0.2) is 37.6 Å². The number of amides is 1. The Bertz CT molecular complexity index is 432. The molecule has 1 aromatic rings. The molecule has 0 saturated carbocycles. The molecule has 2 rings (SSSR count). The summed E-state index contributed by atoms with van der Waals surface area (Å²) in [5.41, 5.74) is 0.632. The lowest BCUT2D eigenvalue weighted by Gasteiger charge is -2.16. The first-order chi connectivity index (χ1) is 8.60. The van der Waals surface area contributed by atoms with E-state index in [0.717, 1.165) is 24.0 Å². The van der Waals surface area contributed by atoms with Gasteiger partial charge in [-0.05, 0) is 24.6 Å². The minimum absolute atomic E-state index is 0.0387. The quantitative estimate of drug-likeness (QED) is 0.850. The van der Waals surface area contributed by atoms with Gasteiger partial charge in [0, 0.05) is 41.2 Å². The first-order valence-electron chi connectivity index (χ1n) is 5.84. The molecule has 0 N–H and O–H groups in total. The number of ether oxygens (including phenoxy) is 1. The molecule has 0 spiro atoms. The van der Waals surface area contributed by atoms with Gasteiger partial charge in [-0.3, -0.25) is 4.79 Å². The summed E-state index contributed by atoms with van der Waals surface area (Å²) >= 11 is 9.31. The van der Waals surface area contributed by atoms with Crippen LogP contribution in [0.2, 0.25) is 5.02 Å². The molecule has 1 saturated heterocycles. The average molecular weight is 333 g/mol. The van der Waals surface area contributed by atoms with Crippen molar-refractivity contribution in [3.05, 3.63) is 33.3 Å². The number of hydrogen-bond acceptors (Lipinski definition) is 2. The normalized spacial score (nSPS) is 19.3. The number of hydrogen-bond donors (Lipinski definition) is 0. The first kappa shape index (κ1) is 13.8. The Morgan fingerprint density at radius 3 is 3.00 bits per heavy atom. The molecule has 1 amide bonds. The predicted octanol–water partition coefficient (Wildman–Crippen LogP) is 3.21. The third-order valence-electron chi connectivity index (χ3n) is 3.08. The molecule has 18 heavy (non-hydrogen) atoms. The number of halogens is 2. The Kier molecular flexibility index (Phi) is 4.65. The van der Waals surface area contributed by atoms with Crippen LogP contribution in [0, 0.1) is 5.92 Å². The standard InChI is InChI=1S/C13H15BrClNO2/c1-18-8-9-2-3-16(7-9)13(17)10-4-11(14)6-12(15)5-10/h4-6,9H,2-3,7-8H2,1H3. The van der Waals surface area contributed by atoms with E-state index in [1.54, 1.807) is 25.3 Å². The highest BCUT2D eigenvalue weighted by atomic mass is 79.9. The van der Waals surface area contributed by atoms with E-state index < -0.39 is 0 Å². The molecule has 1 heterocycles. The van der Waals surface area contributed by atoms with E-state index in [0.29, 0.717) is 23.1 Å². The van der Waals surface area contributed by atoms with E-state index in [2.05, 4.69) is 15.9 Å². The molecular weight excluding hydrogens is 318 g/mol. The van der Waals surface area contributed by atoms with Gasteiger partial charge in [0.25, 0.3) is 5.91 Å². The molecule has 0 radical (unpaired) electrons. The molecule has 1 aliphatic rings. The summed E-state index contributed by atoms with van der Waals surface area (Å²) < 4.78 is 5.96. The number of carbonyl (C=O) groups excluding carboxylic acids is 1. The third-order valence-corrected chi connectivity index (χ3v) is 3.76. The molecule has 1 aliphatic heterocycles. The predicted molar refractivity (Wildman–Crippen MR) is 75.0 cm³/mol. The van der Waals surface area contributed by atoms with E-state index in [-0.39, 0.29) is 5.91 Å². The summed E-state index contributed by atoms with van der Waals surface area (Å²) in [6.07, 6.45) is 1.00. The maximum Gasteiger partial charge on any atom is 0.253 e. The Balaban J connectivity index is 2.08.